The lowest BCUT2D eigenvalue weighted by Gasteiger charge is -2.14. The highest BCUT2D eigenvalue weighted by Gasteiger charge is 2.09. The maximum absolute atomic E-state index is 5.57. The maximum atomic E-state index is 5.57. The minimum absolute atomic E-state index is 0.628. The summed E-state index contributed by atoms with van der Waals surface area (Å²) in [6.07, 6.45) is 3.86. The molecule has 0 bridgehead atoms. The molecule has 0 aliphatic rings. The summed E-state index contributed by atoms with van der Waals surface area (Å²) < 4.78 is 12.8. The van der Waals surface area contributed by atoms with Crippen LogP contribution < -0.4 is 14.8 Å². The second kappa shape index (κ2) is 6.96. The number of aryl methyl sites for hydroxylation is 1. The Balaban J connectivity index is 1.99. The molecule has 0 aliphatic heterocycles. The van der Waals surface area contributed by atoms with Crippen LogP contribution in [0.2, 0.25) is 0 Å². The number of nitrogens with zero attached hydrogens (tertiary/aromatic N) is 2. The lowest BCUT2D eigenvalue weighted by Crippen LogP contribution is -2.13. The van der Waals surface area contributed by atoms with E-state index in [2.05, 4.69) is 10.4 Å². The number of hydrogen-bond donors (Lipinski definition) is 1. The first-order valence-corrected chi connectivity index (χ1v) is 6.71. The molecule has 0 radical (unpaired) electrons. The van der Waals surface area contributed by atoms with Crippen LogP contribution in [0.5, 0.6) is 11.5 Å². The molecule has 2 rings (SSSR count). The van der Waals surface area contributed by atoms with Gasteiger partial charge < -0.3 is 14.8 Å². The van der Waals surface area contributed by atoms with E-state index in [9.17, 15) is 0 Å². The molecule has 2 aromatic rings. The maximum Gasteiger partial charge on any atom is 0.165 e. The monoisotopic (exact) mass is 275 g/mol. The van der Waals surface area contributed by atoms with E-state index in [1.165, 1.54) is 0 Å². The van der Waals surface area contributed by atoms with Gasteiger partial charge in [-0.05, 0) is 13.0 Å². The van der Waals surface area contributed by atoms with Crippen LogP contribution >= 0.6 is 0 Å². The van der Waals surface area contributed by atoms with Gasteiger partial charge in [0.05, 0.1) is 19.9 Å². The fourth-order valence-corrected chi connectivity index (χ4v) is 2.11. The lowest BCUT2D eigenvalue weighted by atomic mass is 10.2. The molecule has 1 N–H and O–H groups in total. The molecule has 0 saturated heterocycles. The van der Waals surface area contributed by atoms with Crippen LogP contribution in [0.25, 0.3) is 0 Å². The van der Waals surface area contributed by atoms with Gasteiger partial charge in [-0.1, -0.05) is 12.1 Å². The van der Waals surface area contributed by atoms with Gasteiger partial charge in [0.1, 0.15) is 0 Å². The van der Waals surface area contributed by atoms with Gasteiger partial charge in [-0.25, -0.2) is 0 Å². The molecular weight excluding hydrogens is 254 g/mol. The molecular formula is C15H21N3O2. The van der Waals surface area contributed by atoms with Crippen molar-refractivity contribution in [1.82, 2.24) is 15.1 Å². The van der Waals surface area contributed by atoms with Gasteiger partial charge in [0.25, 0.3) is 0 Å². The fourth-order valence-electron chi connectivity index (χ4n) is 2.11. The van der Waals surface area contributed by atoms with Crippen LogP contribution in [0.15, 0.2) is 30.6 Å². The Morgan fingerprint density at radius 1 is 1.30 bits per heavy atom. The van der Waals surface area contributed by atoms with Crippen molar-refractivity contribution < 1.29 is 9.47 Å². The largest absolute Gasteiger partial charge is 0.493 e. The average molecular weight is 275 g/mol. The van der Waals surface area contributed by atoms with Crippen LogP contribution in [-0.4, -0.2) is 23.5 Å². The van der Waals surface area contributed by atoms with E-state index in [-0.39, 0.29) is 0 Å². The van der Waals surface area contributed by atoms with Gasteiger partial charge in [-0.2, -0.15) is 5.10 Å². The quantitative estimate of drug-likeness (QED) is 0.841. The van der Waals surface area contributed by atoms with Crippen LogP contribution in [0.4, 0.5) is 0 Å². The Morgan fingerprint density at radius 3 is 2.80 bits per heavy atom. The Bertz CT molecular complexity index is 552. The molecule has 5 heteroatoms. The summed E-state index contributed by atoms with van der Waals surface area (Å²) >= 11 is 0. The predicted octanol–water partition coefficient (Wildman–Crippen LogP) is 2.12. The Morgan fingerprint density at radius 2 is 2.15 bits per heavy atom. The van der Waals surface area contributed by atoms with Gasteiger partial charge in [0.2, 0.25) is 0 Å². The minimum Gasteiger partial charge on any atom is -0.493 e. The van der Waals surface area contributed by atoms with E-state index in [1.54, 1.807) is 11.8 Å². The highest BCUT2D eigenvalue weighted by molar-refractivity contribution is 5.46. The Kier molecular flexibility index (Phi) is 5.01. The number of rotatable bonds is 7. The number of nitrogens with one attached hydrogen (secondary N) is 1. The molecule has 5 nitrogen and oxygen atoms in total. The molecule has 0 aliphatic carbocycles. The molecule has 108 valence electrons. The predicted molar refractivity (Wildman–Crippen MR) is 77.9 cm³/mol. The summed E-state index contributed by atoms with van der Waals surface area (Å²) in [6.45, 7) is 4.09. The minimum atomic E-state index is 0.628. The van der Waals surface area contributed by atoms with Gasteiger partial charge in [0.15, 0.2) is 11.5 Å². The number of ether oxygens (including phenoxy) is 2. The molecule has 20 heavy (non-hydrogen) atoms. The third kappa shape index (κ3) is 3.51. The van der Waals surface area contributed by atoms with Crippen molar-refractivity contribution in [2.75, 3.05) is 13.7 Å². The molecule has 0 spiro atoms. The van der Waals surface area contributed by atoms with Crippen LogP contribution in [-0.2, 0) is 20.1 Å². The first kappa shape index (κ1) is 14.4. The smallest absolute Gasteiger partial charge is 0.165 e. The zero-order chi connectivity index (χ0) is 14.4. The molecule has 0 unspecified atom stereocenters. The SMILES string of the molecule is CCOc1cccc(CNCc2cnn(C)c2)c1OC. The first-order chi connectivity index (χ1) is 9.74. The molecule has 0 fully saturated rings. The summed E-state index contributed by atoms with van der Waals surface area (Å²) in [6, 6.07) is 5.94. The number of hydrogen-bond acceptors (Lipinski definition) is 4. The molecule has 0 amide bonds. The zero-order valence-corrected chi connectivity index (χ0v) is 12.2. The van der Waals surface area contributed by atoms with Gasteiger partial charge in [-0.15, -0.1) is 0 Å². The second-order valence-electron chi connectivity index (χ2n) is 4.51. The topological polar surface area (TPSA) is 48.3 Å². The number of aromatic nitrogens is 2. The lowest BCUT2D eigenvalue weighted by molar-refractivity contribution is 0.308. The zero-order valence-electron chi connectivity index (χ0n) is 12.2. The highest BCUT2D eigenvalue weighted by Crippen LogP contribution is 2.30. The molecule has 0 saturated carbocycles. The van der Waals surface area contributed by atoms with Crippen molar-refractivity contribution in [2.24, 2.45) is 7.05 Å². The molecule has 1 heterocycles. The molecule has 1 aromatic heterocycles. The van der Waals surface area contributed by atoms with E-state index in [4.69, 9.17) is 9.47 Å². The van der Waals surface area contributed by atoms with Crippen LogP contribution in [0, 0.1) is 0 Å². The van der Waals surface area contributed by atoms with Crippen molar-refractivity contribution in [3.63, 3.8) is 0 Å². The standard InChI is InChI=1S/C15H21N3O2/c1-4-20-14-7-5-6-13(15(14)19-3)10-16-8-12-9-17-18(2)11-12/h5-7,9,11,16H,4,8,10H2,1-3H3. The van der Waals surface area contributed by atoms with Gasteiger partial charge >= 0.3 is 0 Å². The van der Waals surface area contributed by atoms with Crippen LogP contribution in [0.1, 0.15) is 18.1 Å². The Hall–Kier alpha value is -2.01. The average Bonchev–Trinajstić information content (AvgIpc) is 2.85. The number of para-hydroxylation sites is 1. The first-order valence-electron chi connectivity index (χ1n) is 6.71. The van der Waals surface area contributed by atoms with Crippen molar-refractivity contribution in [3.05, 3.63) is 41.7 Å². The van der Waals surface area contributed by atoms with E-state index in [1.807, 2.05) is 44.6 Å². The molecule has 1 aromatic carbocycles. The van der Waals surface area contributed by atoms with E-state index in [0.29, 0.717) is 6.61 Å². The second-order valence-corrected chi connectivity index (χ2v) is 4.51. The number of benzene rings is 1. The van der Waals surface area contributed by atoms with Crippen molar-refractivity contribution >= 4 is 0 Å². The summed E-state index contributed by atoms with van der Waals surface area (Å²) in [4.78, 5) is 0. The normalized spacial score (nSPS) is 10.6. The third-order valence-electron chi connectivity index (χ3n) is 2.97. The van der Waals surface area contributed by atoms with Crippen molar-refractivity contribution in [1.29, 1.82) is 0 Å². The van der Waals surface area contributed by atoms with Gasteiger partial charge in [0, 0.05) is 37.5 Å². The summed E-state index contributed by atoms with van der Waals surface area (Å²) in [5, 5.41) is 7.53. The van der Waals surface area contributed by atoms with E-state index >= 15 is 0 Å². The molecule has 0 atom stereocenters. The van der Waals surface area contributed by atoms with Crippen LogP contribution in [0.3, 0.4) is 0 Å². The van der Waals surface area contributed by atoms with Crippen molar-refractivity contribution in [3.8, 4) is 11.5 Å². The number of methoxy groups -OCH3 is 1. The highest BCUT2D eigenvalue weighted by atomic mass is 16.5. The third-order valence-corrected chi connectivity index (χ3v) is 2.97. The fraction of sp³-hybridized carbons (Fsp3) is 0.400. The summed E-state index contributed by atoms with van der Waals surface area (Å²) in [5.41, 5.74) is 2.25. The van der Waals surface area contributed by atoms with E-state index in [0.717, 1.165) is 35.7 Å². The van der Waals surface area contributed by atoms with Crippen molar-refractivity contribution in [2.45, 2.75) is 20.0 Å². The summed E-state index contributed by atoms with van der Waals surface area (Å²) in [5.74, 6) is 1.59. The summed E-state index contributed by atoms with van der Waals surface area (Å²) in [7, 11) is 3.58. The Labute approximate surface area is 119 Å². The van der Waals surface area contributed by atoms with Gasteiger partial charge in [-0.3, -0.25) is 4.68 Å². The van der Waals surface area contributed by atoms with E-state index < -0.39 is 0 Å².